The van der Waals surface area contributed by atoms with Crippen molar-refractivity contribution in [3.05, 3.63) is 25.3 Å². The first kappa shape index (κ1) is 13.4. The van der Waals surface area contributed by atoms with Crippen LogP contribution in [0.25, 0.3) is 0 Å². The Kier molecular flexibility index (Phi) is 6.56. The molecule has 0 bridgehead atoms. The Hall–Kier alpha value is -0.560. The van der Waals surface area contributed by atoms with E-state index in [9.17, 15) is 5.11 Å². The lowest BCUT2D eigenvalue weighted by Gasteiger charge is -2.34. The van der Waals surface area contributed by atoms with Crippen LogP contribution in [0.3, 0.4) is 0 Å². The molecular weight excluding hydrogens is 172 g/mol. The third kappa shape index (κ3) is 3.30. The van der Waals surface area contributed by atoms with Gasteiger partial charge in [-0.25, -0.2) is 0 Å². The summed E-state index contributed by atoms with van der Waals surface area (Å²) in [6.07, 6.45) is 8.27. The van der Waals surface area contributed by atoms with Crippen molar-refractivity contribution in [2.24, 2.45) is 5.41 Å². The van der Waals surface area contributed by atoms with Crippen LogP contribution in [0.2, 0.25) is 0 Å². The van der Waals surface area contributed by atoms with Gasteiger partial charge in [-0.3, -0.25) is 0 Å². The molecule has 0 fully saturated rings. The molecule has 1 N–H and O–H groups in total. The van der Waals surface area contributed by atoms with E-state index in [1.165, 1.54) is 0 Å². The first-order valence-corrected chi connectivity index (χ1v) is 5.59. The van der Waals surface area contributed by atoms with Gasteiger partial charge in [0.05, 0.1) is 6.10 Å². The third-order valence-electron chi connectivity index (χ3n) is 2.87. The van der Waals surface area contributed by atoms with Crippen molar-refractivity contribution < 1.29 is 5.11 Å². The number of aliphatic hydroxyl groups excluding tert-OH is 1. The second kappa shape index (κ2) is 6.83. The summed E-state index contributed by atoms with van der Waals surface area (Å²) in [6, 6.07) is 0. The van der Waals surface area contributed by atoms with Gasteiger partial charge in [-0.2, -0.15) is 0 Å². The summed E-state index contributed by atoms with van der Waals surface area (Å²) in [6.45, 7) is 11.9. The van der Waals surface area contributed by atoms with Gasteiger partial charge >= 0.3 is 0 Å². The molecule has 0 rings (SSSR count). The normalized spacial score (nSPS) is 17.1. The standard InChI is InChI=1S/C13H24O/c1-5-9-12(14)13(8-4,10-6-2)11-7-3/h6,8,12,14H,2,4-5,7,9-11H2,1,3H3. The molecule has 0 aliphatic carbocycles. The number of rotatable bonds is 8. The van der Waals surface area contributed by atoms with Crippen LogP contribution in [0.4, 0.5) is 0 Å². The van der Waals surface area contributed by atoms with Crippen LogP contribution in [0, 0.1) is 5.41 Å². The predicted molar refractivity (Wildman–Crippen MR) is 63.3 cm³/mol. The largest absolute Gasteiger partial charge is 0.392 e. The molecule has 1 nitrogen and oxygen atoms in total. The summed E-state index contributed by atoms with van der Waals surface area (Å²) in [5.74, 6) is 0. The fraction of sp³-hybridized carbons (Fsp3) is 0.692. The SMILES string of the molecule is C=CCC(C=C)(CCC)C(O)CCC. The van der Waals surface area contributed by atoms with Crippen LogP contribution in [-0.2, 0) is 0 Å². The number of allylic oxidation sites excluding steroid dienone is 1. The van der Waals surface area contributed by atoms with E-state index in [0.717, 1.165) is 32.1 Å². The van der Waals surface area contributed by atoms with E-state index >= 15 is 0 Å². The first-order valence-electron chi connectivity index (χ1n) is 5.59. The summed E-state index contributed by atoms with van der Waals surface area (Å²) in [4.78, 5) is 0. The van der Waals surface area contributed by atoms with E-state index in [0.29, 0.717) is 0 Å². The minimum absolute atomic E-state index is 0.146. The number of aliphatic hydroxyl groups is 1. The average molecular weight is 196 g/mol. The molecule has 82 valence electrons. The maximum atomic E-state index is 10.1. The van der Waals surface area contributed by atoms with Gasteiger partial charge in [0.2, 0.25) is 0 Å². The van der Waals surface area contributed by atoms with Crippen LogP contribution in [0.15, 0.2) is 25.3 Å². The van der Waals surface area contributed by atoms with E-state index in [-0.39, 0.29) is 11.5 Å². The van der Waals surface area contributed by atoms with E-state index in [4.69, 9.17) is 0 Å². The molecule has 0 aromatic heterocycles. The molecule has 0 spiro atoms. The van der Waals surface area contributed by atoms with Gasteiger partial charge in [0.15, 0.2) is 0 Å². The molecule has 1 heteroatoms. The van der Waals surface area contributed by atoms with E-state index in [2.05, 4.69) is 27.0 Å². The van der Waals surface area contributed by atoms with Crippen LogP contribution >= 0.6 is 0 Å². The summed E-state index contributed by atoms with van der Waals surface area (Å²) in [5, 5.41) is 10.1. The Labute approximate surface area is 88.5 Å². The van der Waals surface area contributed by atoms with Crippen molar-refractivity contribution >= 4 is 0 Å². The highest BCUT2D eigenvalue weighted by atomic mass is 16.3. The smallest absolute Gasteiger partial charge is 0.0633 e. The summed E-state index contributed by atoms with van der Waals surface area (Å²) in [7, 11) is 0. The van der Waals surface area contributed by atoms with Crippen LogP contribution < -0.4 is 0 Å². The molecule has 2 unspecified atom stereocenters. The van der Waals surface area contributed by atoms with Crippen LogP contribution in [0.5, 0.6) is 0 Å². The maximum Gasteiger partial charge on any atom is 0.0633 e. The van der Waals surface area contributed by atoms with Gasteiger partial charge in [-0.15, -0.1) is 13.2 Å². The summed E-state index contributed by atoms with van der Waals surface area (Å²) in [5.41, 5.74) is -0.146. The average Bonchev–Trinajstić information content (AvgIpc) is 2.17. The van der Waals surface area contributed by atoms with Gasteiger partial charge < -0.3 is 5.11 Å². The molecule has 14 heavy (non-hydrogen) atoms. The fourth-order valence-corrected chi connectivity index (χ4v) is 2.02. The topological polar surface area (TPSA) is 20.2 Å². The van der Waals surface area contributed by atoms with E-state index in [1.54, 1.807) is 0 Å². The summed E-state index contributed by atoms with van der Waals surface area (Å²) < 4.78 is 0. The van der Waals surface area contributed by atoms with Crippen LogP contribution in [0.1, 0.15) is 46.0 Å². The highest BCUT2D eigenvalue weighted by Gasteiger charge is 2.31. The first-order chi connectivity index (χ1) is 6.66. The number of hydrogen-bond donors (Lipinski definition) is 1. The lowest BCUT2D eigenvalue weighted by atomic mass is 9.74. The Bertz CT molecular complexity index is 174. The van der Waals surface area contributed by atoms with Crippen molar-refractivity contribution in [3.63, 3.8) is 0 Å². The van der Waals surface area contributed by atoms with Crippen molar-refractivity contribution in [1.82, 2.24) is 0 Å². The highest BCUT2D eigenvalue weighted by molar-refractivity contribution is 5.02. The van der Waals surface area contributed by atoms with Crippen molar-refractivity contribution in [1.29, 1.82) is 0 Å². The summed E-state index contributed by atoms with van der Waals surface area (Å²) >= 11 is 0. The van der Waals surface area contributed by atoms with Crippen molar-refractivity contribution in [2.75, 3.05) is 0 Å². The second-order valence-electron chi connectivity index (χ2n) is 3.98. The Morgan fingerprint density at radius 2 is 1.93 bits per heavy atom. The lowest BCUT2D eigenvalue weighted by Crippen LogP contribution is -2.32. The molecule has 0 aromatic carbocycles. The fourth-order valence-electron chi connectivity index (χ4n) is 2.02. The molecular formula is C13H24O. The monoisotopic (exact) mass is 196 g/mol. The molecule has 2 atom stereocenters. The van der Waals surface area contributed by atoms with Gasteiger partial charge in [0.25, 0.3) is 0 Å². The molecule has 0 saturated carbocycles. The van der Waals surface area contributed by atoms with E-state index < -0.39 is 0 Å². The van der Waals surface area contributed by atoms with Gasteiger partial charge in [-0.05, 0) is 19.3 Å². The number of hydrogen-bond acceptors (Lipinski definition) is 1. The molecule has 0 saturated heterocycles. The van der Waals surface area contributed by atoms with Gasteiger partial charge in [0.1, 0.15) is 0 Å². The minimum atomic E-state index is -0.275. The van der Waals surface area contributed by atoms with Crippen LogP contribution in [-0.4, -0.2) is 11.2 Å². The van der Waals surface area contributed by atoms with Gasteiger partial charge in [-0.1, -0.05) is 38.8 Å². The van der Waals surface area contributed by atoms with Crippen molar-refractivity contribution in [3.8, 4) is 0 Å². The third-order valence-corrected chi connectivity index (χ3v) is 2.87. The zero-order valence-corrected chi connectivity index (χ0v) is 9.63. The molecule has 0 aliphatic rings. The molecule has 0 heterocycles. The quantitative estimate of drug-likeness (QED) is 0.587. The molecule has 0 amide bonds. The lowest BCUT2D eigenvalue weighted by molar-refractivity contribution is 0.0456. The van der Waals surface area contributed by atoms with Gasteiger partial charge in [0, 0.05) is 5.41 Å². The molecule has 0 aliphatic heterocycles. The predicted octanol–water partition coefficient (Wildman–Crippen LogP) is 3.70. The molecule has 0 aromatic rings. The molecule has 0 radical (unpaired) electrons. The minimum Gasteiger partial charge on any atom is -0.392 e. The zero-order chi connectivity index (χ0) is 11.0. The maximum absolute atomic E-state index is 10.1. The zero-order valence-electron chi connectivity index (χ0n) is 9.63. The highest BCUT2D eigenvalue weighted by Crippen LogP contribution is 2.36. The van der Waals surface area contributed by atoms with E-state index in [1.807, 2.05) is 12.2 Å². The van der Waals surface area contributed by atoms with Crippen molar-refractivity contribution in [2.45, 2.75) is 52.1 Å². The Balaban J connectivity index is 4.61. The Morgan fingerprint density at radius 3 is 2.29 bits per heavy atom. The second-order valence-corrected chi connectivity index (χ2v) is 3.98. The Morgan fingerprint density at radius 1 is 1.29 bits per heavy atom.